The lowest BCUT2D eigenvalue weighted by Gasteiger charge is -1.91. The molecule has 1 aromatic carbocycles. The van der Waals surface area contributed by atoms with Gasteiger partial charge in [-0.1, -0.05) is 26.0 Å². The summed E-state index contributed by atoms with van der Waals surface area (Å²) < 4.78 is 0. The second-order valence-electron chi connectivity index (χ2n) is 1.91. The Morgan fingerprint density at radius 1 is 1.27 bits per heavy atom. The molecule has 0 aliphatic heterocycles. The van der Waals surface area contributed by atoms with Crippen LogP contribution in [-0.4, -0.2) is 5.48 Å². The van der Waals surface area contributed by atoms with Gasteiger partial charge >= 0.3 is 0 Å². The Balaban J connectivity index is -0.000000189. The van der Waals surface area contributed by atoms with Crippen molar-refractivity contribution in [3.05, 3.63) is 29.8 Å². The molecule has 0 spiro atoms. The molecule has 0 heterocycles. The lowest BCUT2D eigenvalue weighted by molar-refractivity contribution is 0.824. The van der Waals surface area contributed by atoms with Gasteiger partial charge in [0.05, 0.1) is 0 Å². The number of anilines is 1. The quantitative estimate of drug-likeness (QED) is 0.575. The molecule has 1 rings (SSSR count). The van der Waals surface area contributed by atoms with E-state index in [4.69, 9.17) is 5.73 Å². The van der Waals surface area contributed by atoms with Crippen LogP contribution in [0.1, 0.15) is 20.8 Å². The van der Waals surface area contributed by atoms with Gasteiger partial charge in [-0.15, -0.1) is 0 Å². The average Bonchev–Trinajstić information content (AvgIpc) is 1.91. The first-order valence-electron chi connectivity index (χ1n) is 3.61. The van der Waals surface area contributed by atoms with Crippen LogP contribution in [0.5, 0.6) is 0 Å². The second kappa shape index (κ2) is 7.09. The van der Waals surface area contributed by atoms with Gasteiger partial charge in [-0.2, -0.15) is 0 Å². The normalized spacial score (nSPS) is 7.18. The van der Waals surface area contributed by atoms with E-state index in [1.807, 2.05) is 45.0 Å². The maximum atomic E-state index is 5.46. The van der Waals surface area contributed by atoms with Gasteiger partial charge in [0.2, 0.25) is 0 Å². The van der Waals surface area contributed by atoms with Gasteiger partial charge in [-0.05, 0) is 24.6 Å². The number of benzene rings is 1. The molecule has 0 aromatic heterocycles. The van der Waals surface area contributed by atoms with Crippen LogP contribution in [0.3, 0.4) is 0 Å². The zero-order chi connectivity index (χ0) is 7.98. The molecule has 0 bridgehead atoms. The van der Waals surface area contributed by atoms with E-state index in [-0.39, 0.29) is 6.90 Å². The molecule has 0 amide bonds. The van der Waals surface area contributed by atoms with Gasteiger partial charge in [0, 0.05) is 7.11 Å². The highest BCUT2D eigenvalue weighted by molar-refractivity contribution is 5.39. The van der Waals surface area contributed by atoms with E-state index in [9.17, 15) is 0 Å². The van der Waals surface area contributed by atoms with Crippen molar-refractivity contribution < 1.29 is 6.90 Å². The van der Waals surface area contributed by atoms with Gasteiger partial charge in [0.15, 0.2) is 0 Å². The highest BCUT2D eigenvalue weighted by atomic mass is 16.0. The van der Waals surface area contributed by atoms with Crippen LogP contribution >= 0.6 is 0 Å². The van der Waals surface area contributed by atoms with Crippen molar-refractivity contribution in [3.8, 4) is 0 Å². The van der Waals surface area contributed by atoms with Crippen LogP contribution in [-0.2, 0) is 0 Å². The topological polar surface area (TPSA) is 57.5 Å². The van der Waals surface area contributed by atoms with E-state index >= 15 is 0 Å². The standard InChI is InChI=1S/C7H9N.C2H6.H2O.H2/c1-6-3-2-4-7(8)5-6;1-2;;/h2-5H,8H2,1H3;1-2H3;1H2;1H. The Morgan fingerprint density at radius 2 is 1.82 bits per heavy atom. The molecule has 1 aromatic rings. The largest absolute Gasteiger partial charge is 0.412 e. The molecular weight excluding hydrogens is 138 g/mol. The molecule has 0 saturated carbocycles. The predicted molar refractivity (Wildman–Crippen MR) is 52.7 cm³/mol. The third-order valence-electron chi connectivity index (χ3n) is 1.04. The number of nitrogens with two attached hydrogens (primary N) is 1. The summed E-state index contributed by atoms with van der Waals surface area (Å²) in [6.07, 6.45) is 0. The molecule has 0 fully saturated rings. The minimum Gasteiger partial charge on any atom is -0.412 e. The van der Waals surface area contributed by atoms with Gasteiger partial charge < -0.3 is 11.2 Å². The predicted octanol–water partition coefficient (Wildman–Crippen LogP) is 2.02. The maximum Gasteiger partial charge on any atom is 0.0316 e. The fourth-order valence-electron chi connectivity index (χ4n) is 0.670. The van der Waals surface area contributed by atoms with E-state index in [1.54, 1.807) is 0 Å². The van der Waals surface area contributed by atoms with Crippen LogP contribution in [0.15, 0.2) is 24.3 Å². The lowest BCUT2D eigenvalue weighted by atomic mass is 10.2. The van der Waals surface area contributed by atoms with E-state index in [0.29, 0.717) is 0 Å². The summed E-state index contributed by atoms with van der Waals surface area (Å²) in [5.74, 6) is 0. The first-order valence-corrected chi connectivity index (χ1v) is 3.61. The maximum absolute atomic E-state index is 5.46. The number of rotatable bonds is 0. The van der Waals surface area contributed by atoms with E-state index in [1.165, 1.54) is 5.56 Å². The van der Waals surface area contributed by atoms with Crippen molar-refractivity contribution in [2.75, 3.05) is 5.73 Å². The molecule has 0 saturated heterocycles. The summed E-state index contributed by atoms with van der Waals surface area (Å²) in [5, 5.41) is 0. The molecular formula is C9H19NO. The van der Waals surface area contributed by atoms with Gasteiger partial charge in [-0.3, -0.25) is 0 Å². The SMILES string of the molecule is CC.Cc1cccc(N)c1.O.[HH]. The fourth-order valence-corrected chi connectivity index (χ4v) is 0.670. The highest BCUT2D eigenvalue weighted by Gasteiger charge is 1.81. The Kier molecular flexibility index (Phi) is 8.15. The molecule has 66 valence electrons. The second-order valence-corrected chi connectivity index (χ2v) is 1.91. The van der Waals surface area contributed by atoms with E-state index in [2.05, 4.69) is 0 Å². The Hall–Kier alpha value is -1.02. The van der Waals surface area contributed by atoms with Crippen molar-refractivity contribution in [2.24, 2.45) is 0 Å². The third kappa shape index (κ3) is 5.43. The smallest absolute Gasteiger partial charge is 0.0316 e. The summed E-state index contributed by atoms with van der Waals surface area (Å²) in [6.45, 7) is 6.02. The van der Waals surface area contributed by atoms with Gasteiger partial charge in [-0.25, -0.2) is 0 Å². The van der Waals surface area contributed by atoms with Crippen LogP contribution in [0, 0.1) is 6.92 Å². The fraction of sp³-hybridized carbons (Fsp3) is 0.333. The number of hydrogen-bond acceptors (Lipinski definition) is 1. The van der Waals surface area contributed by atoms with Gasteiger partial charge in [0.1, 0.15) is 0 Å². The Morgan fingerprint density at radius 3 is 2.09 bits per heavy atom. The molecule has 2 nitrogen and oxygen atoms in total. The number of nitrogen functional groups attached to an aromatic ring is 1. The summed E-state index contributed by atoms with van der Waals surface area (Å²) >= 11 is 0. The van der Waals surface area contributed by atoms with Crippen LogP contribution < -0.4 is 5.73 Å². The summed E-state index contributed by atoms with van der Waals surface area (Å²) in [6, 6.07) is 7.80. The minimum atomic E-state index is 0. The zero-order valence-corrected chi connectivity index (χ0v) is 7.39. The zero-order valence-electron chi connectivity index (χ0n) is 7.39. The molecule has 0 radical (unpaired) electrons. The van der Waals surface area contributed by atoms with E-state index in [0.717, 1.165) is 5.69 Å². The molecule has 0 aliphatic carbocycles. The number of aryl methyl sites for hydroxylation is 1. The minimum absolute atomic E-state index is 0. The molecule has 11 heavy (non-hydrogen) atoms. The first kappa shape index (κ1) is 12.6. The van der Waals surface area contributed by atoms with Crippen molar-refractivity contribution >= 4 is 5.69 Å². The summed E-state index contributed by atoms with van der Waals surface area (Å²) in [4.78, 5) is 0. The summed E-state index contributed by atoms with van der Waals surface area (Å²) in [7, 11) is 0. The number of hydrogen-bond donors (Lipinski definition) is 1. The van der Waals surface area contributed by atoms with Gasteiger partial charge in [0.25, 0.3) is 0 Å². The lowest BCUT2D eigenvalue weighted by Crippen LogP contribution is -1.82. The molecule has 2 heteroatoms. The van der Waals surface area contributed by atoms with Crippen molar-refractivity contribution in [3.63, 3.8) is 0 Å². The summed E-state index contributed by atoms with van der Waals surface area (Å²) in [5.41, 5.74) is 7.51. The van der Waals surface area contributed by atoms with Crippen molar-refractivity contribution in [1.29, 1.82) is 0 Å². The Labute approximate surface area is 69.8 Å². The molecule has 4 N–H and O–H groups in total. The highest BCUT2D eigenvalue weighted by Crippen LogP contribution is 2.03. The molecule has 0 aliphatic rings. The molecule has 0 unspecified atom stereocenters. The molecule has 0 atom stereocenters. The van der Waals surface area contributed by atoms with Crippen molar-refractivity contribution in [2.45, 2.75) is 20.8 Å². The third-order valence-corrected chi connectivity index (χ3v) is 1.04. The average molecular weight is 157 g/mol. The first-order chi connectivity index (χ1) is 4.79. The van der Waals surface area contributed by atoms with Crippen LogP contribution in [0.4, 0.5) is 5.69 Å². The van der Waals surface area contributed by atoms with Crippen LogP contribution in [0.25, 0.3) is 0 Å². The Bertz CT molecular complexity index is 174. The van der Waals surface area contributed by atoms with Crippen molar-refractivity contribution in [1.82, 2.24) is 0 Å². The monoisotopic (exact) mass is 157 g/mol. The van der Waals surface area contributed by atoms with Crippen LogP contribution in [0.2, 0.25) is 0 Å². The van der Waals surface area contributed by atoms with E-state index < -0.39 is 0 Å².